The largest absolute Gasteiger partial charge is 1.00 e. The Morgan fingerprint density at radius 1 is 0.440 bits per heavy atom. The number of carbonyl (C=O) groups excluding carboxylic acids is 6. The predicted octanol–water partition coefficient (Wildman–Crippen LogP) is 6.49. The molecule has 0 spiro atoms. The third-order valence-electron chi connectivity index (χ3n) is 14.6. The summed E-state index contributed by atoms with van der Waals surface area (Å²) in [5.74, 6) is -0.995. The lowest BCUT2D eigenvalue weighted by atomic mass is 10.0. The number of nitrogens with one attached hydrogen (secondary N) is 2. The third-order valence-corrected chi connectivity index (χ3v) is 14.6. The summed E-state index contributed by atoms with van der Waals surface area (Å²) in [6, 6.07) is 0. The first-order valence-electron chi connectivity index (χ1n) is 32.6. The van der Waals surface area contributed by atoms with Gasteiger partial charge in [0.15, 0.2) is 13.1 Å². The van der Waals surface area contributed by atoms with E-state index in [1.807, 2.05) is 40.3 Å². The van der Waals surface area contributed by atoms with Gasteiger partial charge >= 0.3 is 23.9 Å². The van der Waals surface area contributed by atoms with Gasteiger partial charge in [0.2, 0.25) is 11.8 Å². The van der Waals surface area contributed by atoms with Crippen molar-refractivity contribution in [2.75, 3.05) is 80.7 Å². The number of hydrogen-bond donors (Lipinski definition) is 4. The van der Waals surface area contributed by atoms with Gasteiger partial charge in [-0.1, -0.05) is 161 Å². The number of aliphatic hydroxyl groups excluding tert-OH is 2. The number of likely N-dealkylation sites (N-methyl/N-ethyl adjacent to an activating group) is 2. The number of aliphatic hydroxyl groups is 2. The van der Waals surface area contributed by atoms with Crippen LogP contribution in [0.25, 0.3) is 0 Å². The minimum Gasteiger partial charge on any atom is -1.00 e. The van der Waals surface area contributed by atoms with E-state index < -0.39 is 24.4 Å². The van der Waals surface area contributed by atoms with Gasteiger partial charge in [0.25, 0.3) is 0 Å². The summed E-state index contributed by atoms with van der Waals surface area (Å²) in [5, 5.41) is 27.4. The Hall–Kier alpha value is -3.28. The first-order chi connectivity index (χ1) is 39.2. The number of hydrogen-bond acceptors (Lipinski definition) is 12. The van der Waals surface area contributed by atoms with Crippen molar-refractivity contribution in [1.82, 2.24) is 10.6 Å². The number of nitrogens with zero attached hydrogens (tertiary/aromatic N) is 2. The average Bonchev–Trinajstić information content (AvgIpc) is 3.41. The molecule has 4 N–H and O–H groups in total. The van der Waals surface area contributed by atoms with Gasteiger partial charge in [-0.2, -0.15) is 0 Å². The second-order valence-corrected chi connectivity index (χ2v) is 24.1. The zero-order chi connectivity index (χ0) is 61.5. The number of halogens is 2. The average molecular weight is 1240 g/mol. The van der Waals surface area contributed by atoms with Crippen LogP contribution in [0, 0.1) is 0 Å². The lowest BCUT2D eigenvalue weighted by Crippen LogP contribution is -3.00. The fraction of sp³-hybridized carbons (Fsp3) is 0.848. The van der Waals surface area contributed by atoms with Crippen LogP contribution in [0.15, 0.2) is 24.3 Å². The van der Waals surface area contributed by atoms with Crippen molar-refractivity contribution in [3.8, 4) is 0 Å². The molecule has 0 heterocycles. The molecule has 0 saturated carbocycles. The molecule has 0 aromatic carbocycles. The molecular formula is C66H126Cl2N4O12. The van der Waals surface area contributed by atoms with E-state index in [1.165, 1.54) is 84.5 Å². The van der Waals surface area contributed by atoms with Crippen LogP contribution in [0.2, 0.25) is 0 Å². The SMILES string of the molecule is CCCCCC(OC(=O)C[N+](C)(C)CCCCOC(C)=O)C(O)C/C=C\CCCCCCCC(=O)NCCCCCCCCCCNC(C)=O.CCCCCCCC/C=C\CC(O)C(CCCCC)OC(=O)C[N+](C)(C)CCOC(C)=O.[Cl-].[Cl-]. The van der Waals surface area contributed by atoms with Gasteiger partial charge in [-0.15, -0.1) is 0 Å². The maximum Gasteiger partial charge on any atom is 0.362 e. The lowest BCUT2D eigenvalue weighted by molar-refractivity contribution is -0.883. The quantitative estimate of drug-likeness (QED) is 0.0170. The standard InChI is InChI=1S/C40H75N3O7.C26H50NO5.2ClH/c1-6-7-20-28-38(50-40(48)34-43(4,5)32-25-26-33-49-36(3)45)37(46)27-21-16-12-8-9-13-17-22-29-39(47)42-31-24-19-15-11-10-14-18-23-30-41-35(2)44;1-6-8-10-11-12-13-14-15-17-18-24(29)25(19-16-9-7-2)32-26(30)22-27(4,5)20-21-31-23(3)28;;/h16,21,37-38,46H,6-15,17-20,22-34H2,1-5H3,(H-,41,42,44,47);15,17,24-25,29H,6-14,16,18-22H2,1-5H3;2*1H/q;+1;;/p-1/b21-16-;17-15-;;. The van der Waals surface area contributed by atoms with Gasteiger partial charge in [-0.05, 0) is 96.3 Å². The number of quaternary nitrogens is 2. The molecule has 0 bridgehead atoms. The molecule has 496 valence electrons. The summed E-state index contributed by atoms with van der Waals surface area (Å²) >= 11 is 0. The molecule has 2 amide bonds. The zero-order valence-electron chi connectivity index (χ0n) is 54.9. The van der Waals surface area contributed by atoms with Gasteiger partial charge in [-0.3, -0.25) is 19.2 Å². The normalized spacial score (nSPS) is 12.9. The summed E-state index contributed by atoms with van der Waals surface area (Å²) in [6.07, 6.45) is 40.8. The molecule has 0 rings (SSSR count). The Morgan fingerprint density at radius 3 is 1.26 bits per heavy atom. The van der Waals surface area contributed by atoms with Crippen LogP contribution in [0.4, 0.5) is 0 Å². The van der Waals surface area contributed by atoms with Gasteiger partial charge in [0.05, 0.1) is 53.6 Å². The van der Waals surface area contributed by atoms with E-state index in [0.717, 1.165) is 135 Å². The molecule has 0 aromatic rings. The maximum atomic E-state index is 12.8. The summed E-state index contributed by atoms with van der Waals surface area (Å²) < 4.78 is 22.4. The Labute approximate surface area is 524 Å². The van der Waals surface area contributed by atoms with Crippen molar-refractivity contribution < 1.29 is 91.7 Å². The molecule has 0 fully saturated rings. The van der Waals surface area contributed by atoms with Crippen molar-refractivity contribution in [2.24, 2.45) is 0 Å². The molecule has 16 nitrogen and oxygen atoms in total. The van der Waals surface area contributed by atoms with Crippen molar-refractivity contribution in [3.63, 3.8) is 0 Å². The highest BCUT2D eigenvalue weighted by molar-refractivity contribution is 5.75. The van der Waals surface area contributed by atoms with Crippen LogP contribution < -0.4 is 35.4 Å². The van der Waals surface area contributed by atoms with Gasteiger partial charge in [0, 0.05) is 40.3 Å². The number of carbonyl (C=O) groups is 6. The van der Waals surface area contributed by atoms with Gasteiger partial charge < -0.3 is 73.6 Å². The molecule has 0 aromatic heterocycles. The van der Waals surface area contributed by atoms with Crippen LogP contribution in [-0.4, -0.2) is 160 Å². The van der Waals surface area contributed by atoms with E-state index in [1.54, 1.807) is 6.92 Å². The number of unbranched alkanes of at least 4 members (excludes halogenated alkanes) is 23. The number of amides is 2. The second-order valence-electron chi connectivity index (χ2n) is 24.1. The molecule has 18 heteroatoms. The first kappa shape index (κ1) is 87.2. The van der Waals surface area contributed by atoms with Crippen LogP contribution in [0.3, 0.4) is 0 Å². The molecule has 84 heavy (non-hydrogen) atoms. The summed E-state index contributed by atoms with van der Waals surface area (Å²) in [4.78, 5) is 70.2. The van der Waals surface area contributed by atoms with E-state index in [0.29, 0.717) is 54.2 Å². The van der Waals surface area contributed by atoms with Crippen LogP contribution >= 0.6 is 0 Å². The van der Waals surface area contributed by atoms with Crippen molar-refractivity contribution in [3.05, 3.63) is 24.3 Å². The number of allylic oxidation sites excluding steroid dienone is 2. The predicted molar refractivity (Wildman–Crippen MR) is 333 cm³/mol. The Balaban J connectivity index is -0.000000815. The summed E-state index contributed by atoms with van der Waals surface area (Å²) in [7, 11) is 7.78. The molecule has 0 radical (unpaired) electrons. The molecule has 0 aliphatic rings. The third kappa shape index (κ3) is 61.8. The molecule has 0 aliphatic heterocycles. The highest BCUT2D eigenvalue weighted by Crippen LogP contribution is 2.18. The molecule has 4 atom stereocenters. The number of ether oxygens (including phenoxy) is 4. The Morgan fingerprint density at radius 2 is 0.821 bits per heavy atom. The number of rotatable bonds is 54. The van der Waals surface area contributed by atoms with E-state index in [-0.39, 0.29) is 80.2 Å². The topological polar surface area (TPSA) is 204 Å². The Kier molecular flexibility index (Phi) is 62.3. The fourth-order valence-corrected chi connectivity index (χ4v) is 9.44. The van der Waals surface area contributed by atoms with E-state index in [2.05, 4.69) is 43.6 Å². The monoisotopic (exact) mass is 1240 g/mol. The summed E-state index contributed by atoms with van der Waals surface area (Å²) in [6.45, 7) is 14.7. The van der Waals surface area contributed by atoms with Crippen LogP contribution in [0.5, 0.6) is 0 Å². The van der Waals surface area contributed by atoms with Gasteiger partial charge in [0.1, 0.15) is 25.4 Å². The molecule has 0 aliphatic carbocycles. The second kappa shape index (κ2) is 60.0. The lowest BCUT2D eigenvalue weighted by Gasteiger charge is -2.30. The van der Waals surface area contributed by atoms with Gasteiger partial charge in [-0.25, -0.2) is 9.59 Å². The van der Waals surface area contributed by atoms with Crippen molar-refractivity contribution >= 4 is 35.7 Å². The Bertz CT molecular complexity index is 1670. The van der Waals surface area contributed by atoms with Crippen LogP contribution in [0.1, 0.15) is 260 Å². The minimum atomic E-state index is -0.721. The summed E-state index contributed by atoms with van der Waals surface area (Å²) in [5.41, 5.74) is 0. The van der Waals surface area contributed by atoms with Crippen LogP contribution in [-0.2, 0) is 47.7 Å². The number of esters is 4. The zero-order valence-corrected chi connectivity index (χ0v) is 56.5. The highest BCUT2D eigenvalue weighted by Gasteiger charge is 2.29. The fourth-order valence-electron chi connectivity index (χ4n) is 9.44. The van der Waals surface area contributed by atoms with E-state index >= 15 is 0 Å². The molecule has 4 unspecified atom stereocenters. The molecular weight excluding hydrogens is 1110 g/mol. The van der Waals surface area contributed by atoms with Crippen molar-refractivity contribution in [1.29, 1.82) is 0 Å². The van der Waals surface area contributed by atoms with E-state index in [4.69, 9.17) is 18.9 Å². The smallest absolute Gasteiger partial charge is 0.362 e. The van der Waals surface area contributed by atoms with E-state index in [9.17, 15) is 39.0 Å². The minimum absolute atomic E-state index is 0. The molecule has 0 saturated heterocycles. The highest BCUT2D eigenvalue weighted by atomic mass is 35.5. The maximum absolute atomic E-state index is 12.8. The first-order valence-corrected chi connectivity index (χ1v) is 32.6. The van der Waals surface area contributed by atoms with Crippen molar-refractivity contribution in [2.45, 2.75) is 284 Å².